The number of aryl methyl sites for hydroxylation is 3. The van der Waals surface area contributed by atoms with Gasteiger partial charge in [0, 0.05) is 11.4 Å². The molecule has 1 N–H and O–H groups in total. The van der Waals surface area contributed by atoms with Crippen molar-refractivity contribution in [1.82, 2.24) is 9.78 Å². The Morgan fingerprint density at radius 1 is 0.964 bits per heavy atom. The Labute approximate surface area is 167 Å². The van der Waals surface area contributed by atoms with Gasteiger partial charge in [-0.1, -0.05) is 37.6 Å². The molecule has 0 atom stereocenters. The summed E-state index contributed by atoms with van der Waals surface area (Å²) in [6.07, 6.45) is 3.20. The number of anilines is 1. The summed E-state index contributed by atoms with van der Waals surface area (Å²) in [5, 5.41) is 4.46. The molecule has 0 saturated carbocycles. The number of benzene rings is 2. The van der Waals surface area contributed by atoms with Crippen LogP contribution in [0.25, 0.3) is 0 Å². The van der Waals surface area contributed by atoms with E-state index < -0.39 is 10.0 Å². The van der Waals surface area contributed by atoms with Gasteiger partial charge in [-0.3, -0.25) is 9.40 Å². The summed E-state index contributed by atoms with van der Waals surface area (Å²) < 4.78 is 29.8. The number of hydrogen-bond donors (Lipinski definition) is 1. The van der Waals surface area contributed by atoms with Crippen LogP contribution in [0.3, 0.4) is 0 Å². The zero-order valence-electron chi connectivity index (χ0n) is 16.6. The number of nitrogens with one attached hydrogen (secondary N) is 1. The molecule has 0 unspecified atom stereocenters. The fourth-order valence-electron chi connectivity index (χ4n) is 3.12. The zero-order valence-corrected chi connectivity index (χ0v) is 17.5. The lowest BCUT2D eigenvalue weighted by Gasteiger charge is -2.10. The predicted molar refractivity (Wildman–Crippen MR) is 113 cm³/mol. The fourth-order valence-corrected chi connectivity index (χ4v) is 4.18. The molecule has 28 heavy (non-hydrogen) atoms. The summed E-state index contributed by atoms with van der Waals surface area (Å²) >= 11 is 0. The summed E-state index contributed by atoms with van der Waals surface area (Å²) in [4.78, 5) is 0.277. The molecular weight excluding hydrogens is 370 g/mol. The maximum atomic E-state index is 12.6. The van der Waals surface area contributed by atoms with Crippen LogP contribution in [-0.4, -0.2) is 18.2 Å². The first-order valence-corrected chi connectivity index (χ1v) is 11.1. The summed E-state index contributed by atoms with van der Waals surface area (Å²) in [5.74, 6) is 0. The van der Waals surface area contributed by atoms with Gasteiger partial charge in [-0.15, -0.1) is 0 Å². The van der Waals surface area contributed by atoms with E-state index >= 15 is 0 Å². The van der Waals surface area contributed by atoms with Gasteiger partial charge in [0.25, 0.3) is 10.0 Å². The maximum absolute atomic E-state index is 12.6. The molecule has 2 aromatic carbocycles. The van der Waals surface area contributed by atoms with Crippen molar-refractivity contribution in [2.45, 2.75) is 51.5 Å². The number of unbranched alkanes of at least 4 members (excludes halogenated alkanes) is 1. The Bertz CT molecular complexity index is 1020. The van der Waals surface area contributed by atoms with Gasteiger partial charge in [-0.2, -0.15) is 5.10 Å². The SMILES string of the molecule is CCCCc1ccc(S(=O)(=O)Nc2ccc(Cn3nc(C)cc3C)cc2)cc1. The van der Waals surface area contributed by atoms with Crippen LogP contribution in [0.15, 0.2) is 59.5 Å². The third kappa shape index (κ3) is 5.01. The number of rotatable bonds is 8. The van der Waals surface area contributed by atoms with E-state index in [9.17, 15) is 8.42 Å². The maximum Gasteiger partial charge on any atom is 0.261 e. The van der Waals surface area contributed by atoms with Crippen molar-refractivity contribution in [1.29, 1.82) is 0 Å². The Balaban J connectivity index is 1.67. The van der Waals surface area contributed by atoms with Crippen molar-refractivity contribution in [3.63, 3.8) is 0 Å². The highest BCUT2D eigenvalue weighted by Crippen LogP contribution is 2.18. The van der Waals surface area contributed by atoms with Crippen LogP contribution in [0.2, 0.25) is 0 Å². The molecule has 0 bridgehead atoms. The van der Waals surface area contributed by atoms with E-state index in [-0.39, 0.29) is 4.90 Å². The Morgan fingerprint density at radius 2 is 1.61 bits per heavy atom. The van der Waals surface area contributed by atoms with Gasteiger partial charge in [0.05, 0.1) is 17.1 Å². The monoisotopic (exact) mass is 397 g/mol. The van der Waals surface area contributed by atoms with Gasteiger partial charge in [0.15, 0.2) is 0 Å². The molecule has 0 spiro atoms. The van der Waals surface area contributed by atoms with Gasteiger partial charge in [0.1, 0.15) is 0 Å². The van der Waals surface area contributed by atoms with Crippen LogP contribution in [-0.2, 0) is 23.0 Å². The molecular formula is C22H27N3O2S. The summed E-state index contributed by atoms with van der Waals surface area (Å²) in [7, 11) is -3.59. The lowest BCUT2D eigenvalue weighted by molar-refractivity contribution is 0.601. The zero-order chi connectivity index (χ0) is 20.1. The Hall–Kier alpha value is -2.60. The minimum Gasteiger partial charge on any atom is -0.280 e. The molecule has 0 saturated heterocycles. The number of sulfonamides is 1. The molecule has 6 heteroatoms. The normalized spacial score (nSPS) is 11.5. The first-order valence-electron chi connectivity index (χ1n) is 9.59. The van der Waals surface area contributed by atoms with Crippen LogP contribution in [0, 0.1) is 13.8 Å². The van der Waals surface area contributed by atoms with E-state index in [0.29, 0.717) is 12.2 Å². The van der Waals surface area contributed by atoms with Gasteiger partial charge in [-0.25, -0.2) is 8.42 Å². The highest BCUT2D eigenvalue weighted by Gasteiger charge is 2.14. The number of hydrogen-bond acceptors (Lipinski definition) is 3. The van der Waals surface area contributed by atoms with Crippen LogP contribution >= 0.6 is 0 Å². The second-order valence-corrected chi connectivity index (χ2v) is 8.82. The third-order valence-electron chi connectivity index (χ3n) is 4.69. The van der Waals surface area contributed by atoms with Gasteiger partial charge < -0.3 is 0 Å². The first kappa shape index (κ1) is 20.1. The van der Waals surface area contributed by atoms with E-state index in [2.05, 4.69) is 16.7 Å². The van der Waals surface area contributed by atoms with Gasteiger partial charge in [0.2, 0.25) is 0 Å². The molecule has 0 aliphatic carbocycles. The molecule has 3 aromatic rings. The van der Waals surface area contributed by atoms with Crippen molar-refractivity contribution < 1.29 is 8.42 Å². The summed E-state index contributed by atoms with van der Waals surface area (Å²) in [6, 6.07) is 16.6. The average molecular weight is 398 g/mol. The molecule has 0 aliphatic heterocycles. The fraction of sp³-hybridized carbons (Fsp3) is 0.318. The first-order chi connectivity index (χ1) is 13.4. The lowest BCUT2D eigenvalue weighted by atomic mass is 10.1. The van der Waals surface area contributed by atoms with Crippen molar-refractivity contribution >= 4 is 15.7 Å². The molecule has 1 heterocycles. The van der Waals surface area contributed by atoms with E-state index in [1.807, 2.05) is 48.9 Å². The summed E-state index contributed by atoms with van der Waals surface area (Å²) in [5.41, 5.74) is 4.86. The average Bonchev–Trinajstić information content (AvgIpc) is 2.98. The van der Waals surface area contributed by atoms with Crippen molar-refractivity contribution in [2.75, 3.05) is 4.72 Å². The largest absolute Gasteiger partial charge is 0.280 e. The third-order valence-corrected chi connectivity index (χ3v) is 6.09. The minimum absolute atomic E-state index is 0.277. The molecule has 148 valence electrons. The van der Waals surface area contributed by atoms with Gasteiger partial charge >= 0.3 is 0 Å². The molecule has 5 nitrogen and oxygen atoms in total. The van der Waals surface area contributed by atoms with Crippen LogP contribution in [0.1, 0.15) is 42.3 Å². The van der Waals surface area contributed by atoms with E-state index in [1.165, 1.54) is 0 Å². The van der Waals surface area contributed by atoms with E-state index in [1.54, 1.807) is 24.3 Å². The van der Waals surface area contributed by atoms with Gasteiger partial charge in [-0.05, 0) is 68.1 Å². The number of nitrogens with zero attached hydrogens (tertiary/aromatic N) is 2. The Morgan fingerprint density at radius 3 is 2.18 bits per heavy atom. The molecule has 0 aliphatic rings. The highest BCUT2D eigenvalue weighted by atomic mass is 32.2. The predicted octanol–water partition coefficient (Wildman–Crippen LogP) is 4.69. The standard InChI is InChI=1S/C22H27N3O2S/c1-4-5-6-19-9-13-22(14-10-19)28(26,27)24-21-11-7-20(8-12-21)16-25-18(3)15-17(2)23-25/h7-15,24H,4-6,16H2,1-3H3. The van der Waals surface area contributed by atoms with Crippen LogP contribution in [0.4, 0.5) is 5.69 Å². The highest BCUT2D eigenvalue weighted by molar-refractivity contribution is 7.92. The molecule has 3 rings (SSSR count). The lowest BCUT2D eigenvalue weighted by Crippen LogP contribution is -2.13. The van der Waals surface area contributed by atoms with Crippen molar-refractivity contribution in [3.8, 4) is 0 Å². The van der Waals surface area contributed by atoms with E-state index in [4.69, 9.17) is 0 Å². The molecule has 0 radical (unpaired) electrons. The molecule has 0 amide bonds. The van der Waals surface area contributed by atoms with E-state index in [0.717, 1.165) is 41.8 Å². The minimum atomic E-state index is -3.59. The van der Waals surface area contributed by atoms with Crippen molar-refractivity contribution in [2.24, 2.45) is 0 Å². The van der Waals surface area contributed by atoms with Crippen molar-refractivity contribution in [3.05, 3.63) is 77.1 Å². The quantitative estimate of drug-likeness (QED) is 0.600. The van der Waals surface area contributed by atoms with Crippen LogP contribution in [0.5, 0.6) is 0 Å². The number of aromatic nitrogens is 2. The Kier molecular flexibility index (Phi) is 6.19. The topological polar surface area (TPSA) is 64.0 Å². The van der Waals surface area contributed by atoms with Crippen LogP contribution < -0.4 is 4.72 Å². The second kappa shape index (κ2) is 8.61. The molecule has 1 aromatic heterocycles. The summed E-state index contributed by atoms with van der Waals surface area (Å²) in [6.45, 7) is 6.80. The second-order valence-electron chi connectivity index (χ2n) is 7.13. The molecule has 0 fully saturated rings. The smallest absolute Gasteiger partial charge is 0.261 e.